The Morgan fingerprint density at radius 2 is 1.93 bits per heavy atom. The van der Waals surface area contributed by atoms with Crippen molar-refractivity contribution in [1.82, 2.24) is 5.09 Å². The van der Waals surface area contributed by atoms with Crippen LogP contribution in [0, 0.1) is 0 Å². The minimum atomic E-state index is -2.28. The molecule has 0 spiro atoms. The van der Waals surface area contributed by atoms with Gasteiger partial charge in [-0.25, -0.2) is 5.09 Å². The van der Waals surface area contributed by atoms with Crippen molar-refractivity contribution >= 4 is 24.4 Å². The molecule has 7 heteroatoms. The number of unbranched alkanes of at least 4 members (excludes halogenated alkanes) is 2. The summed E-state index contributed by atoms with van der Waals surface area (Å²) < 4.78 is 10.1. The lowest BCUT2D eigenvalue weighted by Crippen LogP contribution is -2.14. The normalized spacial score (nSPS) is 11.6. The van der Waals surface area contributed by atoms with Gasteiger partial charge in [0.15, 0.2) is 0 Å². The highest BCUT2D eigenvalue weighted by atomic mass is 32.5. The van der Waals surface area contributed by atoms with Crippen LogP contribution in [0.4, 0.5) is 0 Å². The Morgan fingerprint density at radius 1 is 1.33 bits per heavy atom. The molecule has 0 aliphatic rings. The third-order valence-corrected chi connectivity index (χ3v) is 4.71. The number of carboxylic acid groups (broad SMARTS) is 1. The first-order valence-electron chi connectivity index (χ1n) is 4.72. The minimum absolute atomic E-state index is 0.225. The van der Waals surface area contributed by atoms with E-state index >= 15 is 0 Å². The average molecular weight is 255 g/mol. The summed E-state index contributed by atoms with van der Waals surface area (Å²) in [7, 11) is 3.03. The summed E-state index contributed by atoms with van der Waals surface area (Å²) in [6.45, 7) is -1.59. The topological polar surface area (TPSA) is 67.8 Å². The second-order valence-corrected chi connectivity index (χ2v) is 6.46. The summed E-state index contributed by atoms with van der Waals surface area (Å²) in [5, 5.41) is 11.4. The fourth-order valence-corrected chi connectivity index (χ4v) is 2.11. The molecule has 0 amide bonds. The lowest BCUT2D eigenvalue weighted by Gasteiger charge is -2.18. The van der Waals surface area contributed by atoms with Crippen LogP contribution in [0.25, 0.3) is 0 Å². The van der Waals surface area contributed by atoms with Gasteiger partial charge in [0.05, 0.1) is 0 Å². The number of rotatable bonds is 9. The molecule has 2 N–H and O–H groups in total. The van der Waals surface area contributed by atoms with Gasteiger partial charge in [-0.05, 0) is 24.6 Å². The number of aliphatic carboxylic acids is 1. The molecule has 0 heterocycles. The molecule has 90 valence electrons. The molecule has 0 radical (unpaired) electrons. The quantitative estimate of drug-likeness (QED) is 0.483. The Morgan fingerprint density at radius 3 is 2.40 bits per heavy atom. The Kier molecular flexibility index (Phi) is 8.19. The third kappa shape index (κ3) is 7.88. The number of hydrogen-bond donors (Lipinski definition) is 2. The molecule has 0 atom stereocenters. The van der Waals surface area contributed by atoms with E-state index in [1.807, 2.05) is 0 Å². The molecular weight excluding hydrogens is 237 g/mol. The lowest BCUT2D eigenvalue weighted by atomic mass is 10.2. The molecule has 0 aliphatic carbocycles. The SMILES string of the molecule is COP(=S)(NCCCCCC(=O)O)OC. The van der Waals surface area contributed by atoms with E-state index in [2.05, 4.69) is 5.09 Å². The summed E-state index contributed by atoms with van der Waals surface area (Å²) >= 11 is 5.09. The molecular formula is C8H18NO4PS. The maximum atomic E-state index is 10.2. The van der Waals surface area contributed by atoms with Crippen molar-refractivity contribution in [3.05, 3.63) is 0 Å². The first-order chi connectivity index (χ1) is 7.04. The van der Waals surface area contributed by atoms with Gasteiger partial charge in [0, 0.05) is 27.2 Å². The van der Waals surface area contributed by atoms with Crippen LogP contribution in [-0.2, 0) is 25.6 Å². The summed E-state index contributed by atoms with van der Waals surface area (Å²) in [5.74, 6) is -0.748. The van der Waals surface area contributed by atoms with E-state index in [1.54, 1.807) is 0 Å². The van der Waals surface area contributed by atoms with Crippen molar-refractivity contribution in [2.75, 3.05) is 20.8 Å². The number of carbonyl (C=O) groups is 1. The second kappa shape index (κ2) is 8.19. The highest BCUT2D eigenvalue weighted by molar-refractivity contribution is 8.08. The van der Waals surface area contributed by atoms with Gasteiger partial charge in [0.25, 0.3) is 6.64 Å². The van der Waals surface area contributed by atoms with Gasteiger partial charge < -0.3 is 14.2 Å². The Hall–Kier alpha value is -0.0000000000000000763. The predicted octanol–water partition coefficient (Wildman–Crippen LogP) is 1.74. The van der Waals surface area contributed by atoms with Crippen molar-refractivity contribution in [3.63, 3.8) is 0 Å². The monoisotopic (exact) mass is 255 g/mol. The number of hydrogen-bond acceptors (Lipinski definition) is 4. The molecule has 5 nitrogen and oxygen atoms in total. The predicted molar refractivity (Wildman–Crippen MR) is 62.4 cm³/mol. The van der Waals surface area contributed by atoms with E-state index in [0.29, 0.717) is 13.0 Å². The molecule has 0 rings (SSSR count). The van der Waals surface area contributed by atoms with Crippen LogP contribution >= 0.6 is 6.64 Å². The van der Waals surface area contributed by atoms with Gasteiger partial charge >= 0.3 is 5.97 Å². The van der Waals surface area contributed by atoms with Gasteiger partial charge in [-0.1, -0.05) is 6.42 Å². The molecule has 0 aliphatic heterocycles. The van der Waals surface area contributed by atoms with E-state index in [9.17, 15) is 4.79 Å². The van der Waals surface area contributed by atoms with Crippen molar-refractivity contribution in [1.29, 1.82) is 0 Å². The fraction of sp³-hybridized carbons (Fsp3) is 0.875. The van der Waals surface area contributed by atoms with Crippen LogP contribution in [-0.4, -0.2) is 31.8 Å². The first-order valence-corrected chi connectivity index (χ1v) is 7.36. The smallest absolute Gasteiger partial charge is 0.303 e. The van der Waals surface area contributed by atoms with Crippen LogP contribution in [0.2, 0.25) is 0 Å². The van der Waals surface area contributed by atoms with E-state index in [-0.39, 0.29) is 6.42 Å². The molecule has 0 aromatic rings. The second-order valence-electron chi connectivity index (χ2n) is 2.98. The maximum Gasteiger partial charge on any atom is 0.303 e. The van der Waals surface area contributed by atoms with Crippen LogP contribution in [0.15, 0.2) is 0 Å². The molecule has 0 unspecified atom stereocenters. The van der Waals surface area contributed by atoms with Crippen molar-refractivity contribution in [2.24, 2.45) is 0 Å². The Bertz CT molecular complexity index is 229. The standard InChI is InChI=1S/C8H18NO4PS/c1-12-14(15,13-2)9-7-5-3-4-6-8(10)11/h3-7H2,1-2H3,(H,9,15)(H,10,11). The van der Waals surface area contributed by atoms with Crippen molar-refractivity contribution < 1.29 is 18.9 Å². The molecule has 0 aromatic heterocycles. The average Bonchev–Trinajstić information content (AvgIpc) is 2.22. The van der Waals surface area contributed by atoms with Gasteiger partial charge in [-0.3, -0.25) is 4.79 Å². The van der Waals surface area contributed by atoms with E-state index in [0.717, 1.165) is 12.8 Å². The molecule has 15 heavy (non-hydrogen) atoms. The van der Waals surface area contributed by atoms with Crippen LogP contribution in [0.1, 0.15) is 25.7 Å². The van der Waals surface area contributed by atoms with Gasteiger partial charge in [0.1, 0.15) is 0 Å². The summed E-state index contributed by atoms with van der Waals surface area (Å²) in [5.41, 5.74) is 0. The maximum absolute atomic E-state index is 10.2. The van der Waals surface area contributed by atoms with Crippen LogP contribution in [0.5, 0.6) is 0 Å². The minimum Gasteiger partial charge on any atom is -0.481 e. The highest BCUT2D eigenvalue weighted by Gasteiger charge is 2.12. The van der Waals surface area contributed by atoms with E-state index in [1.165, 1.54) is 14.2 Å². The van der Waals surface area contributed by atoms with Gasteiger partial charge in [-0.15, -0.1) is 0 Å². The van der Waals surface area contributed by atoms with Gasteiger partial charge in [0.2, 0.25) is 0 Å². The van der Waals surface area contributed by atoms with Crippen LogP contribution < -0.4 is 5.09 Å². The molecule has 0 aromatic carbocycles. The van der Waals surface area contributed by atoms with E-state index in [4.69, 9.17) is 26.0 Å². The number of carboxylic acids is 1. The van der Waals surface area contributed by atoms with E-state index < -0.39 is 12.6 Å². The number of nitrogens with one attached hydrogen (secondary N) is 1. The molecule has 0 saturated heterocycles. The summed E-state index contributed by atoms with van der Waals surface area (Å²) in [6, 6.07) is 0. The largest absolute Gasteiger partial charge is 0.481 e. The Balaban J connectivity index is 3.45. The molecule has 0 fully saturated rings. The van der Waals surface area contributed by atoms with Gasteiger partial charge in [-0.2, -0.15) is 0 Å². The third-order valence-electron chi connectivity index (χ3n) is 1.85. The fourth-order valence-electron chi connectivity index (χ4n) is 0.998. The lowest BCUT2D eigenvalue weighted by molar-refractivity contribution is -0.137. The van der Waals surface area contributed by atoms with Crippen molar-refractivity contribution in [3.8, 4) is 0 Å². The van der Waals surface area contributed by atoms with Crippen LogP contribution in [0.3, 0.4) is 0 Å². The molecule has 0 saturated carbocycles. The first kappa shape index (κ1) is 15.0. The zero-order valence-electron chi connectivity index (χ0n) is 9.06. The Labute approximate surface area is 95.4 Å². The highest BCUT2D eigenvalue weighted by Crippen LogP contribution is 2.41. The zero-order chi connectivity index (χ0) is 11.7. The van der Waals surface area contributed by atoms with Crippen molar-refractivity contribution in [2.45, 2.75) is 25.7 Å². The zero-order valence-corrected chi connectivity index (χ0v) is 10.8. The summed E-state index contributed by atoms with van der Waals surface area (Å²) in [6.07, 6.45) is 2.66. The molecule has 0 bridgehead atoms. The summed E-state index contributed by atoms with van der Waals surface area (Å²) in [4.78, 5) is 10.2.